The summed E-state index contributed by atoms with van der Waals surface area (Å²) in [6.45, 7) is 5.00. The van der Waals surface area contributed by atoms with Gasteiger partial charge in [0.25, 0.3) is 5.91 Å². The summed E-state index contributed by atoms with van der Waals surface area (Å²) in [6, 6.07) is 5.93. The number of hydrogen-bond acceptors (Lipinski definition) is 4. The Bertz CT molecular complexity index is 827. The molecule has 0 spiro atoms. The van der Waals surface area contributed by atoms with Crippen LogP contribution >= 0.6 is 0 Å². The highest BCUT2D eigenvalue weighted by Crippen LogP contribution is 2.20. The molecule has 0 radical (unpaired) electrons. The number of amides is 2. The molecule has 2 aromatic rings. The van der Waals surface area contributed by atoms with E-state index in [1.807, 2.05) is 0 Å². The molecule has 138 valence electrons. The van der Waals surface area contributed by atoms with Crippen molar-refractivity contribution in [1.82, 2.24) is 15.2 Å². The van der Waals surface area contributed by atoms with Crippen LogP contribution in [0.2, 0.25) is 0 Å². The van der Waals surface area contributed by atoms with Gasteiger partial charge >= 0.3 is 6.09 Å². The Morgan fingerprint density at radius 1 is 1.31 bits per heavy atom. The van der Waals surface area contributed by atoms with Crippen LogP contribution in [0.1, 0.15) is 35.8 Å². The van der Waals surface area contributed by atoms with E-state index in [2.05, 4.69) is 10.3 Å². The number of rotatable bonds is 3. The number of halogens is 1. The zero-order chi connectivity index (χ0) is 18.7. The topological polar surface area (TPSA) is 71.5 Å². The first-order valence-electron chi connectivity index (χ1n) is 8.77. The molecule has 1 saturated heterocycles. The van der Waals surface area contributed by atoms with Crippen molar-refractivity contribution < 1.29 is 18.7 Å². The second-order valence-electron chi connectivity index (χ2n) is 6.41. The second kappa shape index (κ2) is 7.68. The van der Waals surface area contributed by atoms with Crippen molar-refractivity contribution in [3.63, 3.8) is 0 Å². The first-order chi connectivity index (χ1) is 12.5. The van der Waals surface area contributed by atoms with Crippen LogP contribution in [0.4, 0.5) is 9.18 Å². The summed E-state index contributed by atoms with van der Waals surface area (Å²) in [5, 5.41) is 3.64. The molecule has 1 aromatic heterocycles. The van der Waals surface area contributed by atoms with Crippen molar-refractivity contribution >= 4 is 22.9 Å². The molecule has 6 nitrogen and oxygen atoms in total. The van der Waals surface area contributed by atoms with Gasteiger partial charge in [-0.25, -0.2) is 9.18 Å². The standard InChI is InChI=1S/C19H22FN3O3/c1-3-26-19(25)23-8-6-14(7-9-23)22-18(24)16-10-12(2)21-17-11-13(20)4-5-15(16)17/h4-5,10-11,14H,3,6-9H2,1-2H3,(H,22,24). The van der Waals surface area contributed by atoms with E-state index in [4.69, 9.17) is 4.74 Å². The summed E-state index contributed by atoms with van der Waals surface area (Å²) in [5.41, 5.74) is 1.61. The second-order valence-corrected chi connectivity index (χ2v) is 6.41. The minimum Gasteiger partial charge on any atom is -0.450 e. The monoisotopic (exact) mass is 359 g/mol. The van der Waals surface area contributed by atoms with Crippen LogP contribution < -0.4 is 5.32 Å². The van der Waals surface area contributed by atoms with Crippen LogP contribution in [0.15, 0.2) is 24.3 Å². The Balaban J connectivity index is 1.70. The van der Waals surface area contributed by atoms with E-state index in [-0.39, 0.29) is 23.9 Å². The summed E-state index contributed by atoms with van der Waals surface area (Å²) >= 11 is 0. The summed E-state index contributed by atoms with van der Waals surface area (Å²) < 4.78 is 18.4. The fourth-order valence-electron chi connectivity index (χ4n) is 3.21. The molecule has 0 atom stereocenters. The van der Waals surface area contributed by atoms with Crippen LogP contribution in [0.25, 0.3) is 10.9 Å². The van der Waals surface area contributed by atoms with Gasteiger partial charge in [0, 0.05) is 36.3 Å². The van der Waals surface area contributed by atoms with E-state index >= 15 is 0 Å². The molecule has 26 heavy (non-hydrogen) atoms. The summed E-state index contributed by atoms with van der Waals surface area (Å²) in [5.74, 6) is -0.588. The van der Waals surface area contributed by atoms with Gasteiger partial charge in [0.2, 0.25) is 0 Å². The summed E-state index contributed by atoms with van der Waals surface area (Å²) in [4.78, 5) is 30.4. The molecule has 1 aromatic carbocycles. The average Bonchev–Trinajstić information content (AvgIpc) is 2.61. The number of benzene rings is 1. The Kier molecular flexibility index (Phi) is 5.35. The molecule has 0 bridgehead atoms. The van der Waals surface area contributed by atoms with E-state index in [1.165, 1.54) is 12.1 Å². The van der Waals surface area contributed by atoms with Gasteiger partial charge < -0.3 is 15.0 Å². The Labute approximate surface area is 151 Å². The quantitative estimate of drug-likeness (QED) is 0.914. The Hall–Kier alpha value is -2.70. The van der Waals surface area contributed by atoms with Crippen molar-refractivity contribution in [1.29, 1.82) is 0 Å². The van der Waals surface area contributed by atoms with Gasteiger partial charge in [-0.2, -0.15) is 0 Å². The SMILES string of the molecule is CCOC(=O)N1CCC(NC(=O)c2cc(C)nc3cc(F)ccc23)CC1. The summed E-state index contributed by atoms with van der Waals surface area (Å²) in [7, 11) is 0. The van der Waals surface area contributed by atoms with Crippen molar-refractivity contribution in [2.75, 3.05) is 19.7 Å². The van der Waals surface area contributed by atoms with Crippen LogP contribution in [0.3, 0.4) is 0 Å². The van der Waals surface area contributed by atoms with Crippen LogP contribution in [0, 0.1) is 12.7 Å². The number of likely N-dealkylation sites (tertiary alicyclic amines) is 1. The fourth-order valence-corrected chi connectivity index (χ4v) is 3.21. The maximum Gasteiger partial charge on any atom is 0.409 e. The highest BCUT2D eigenvalue weighted by atomic mass is 19.1. The molecule has 0 saturated carbocycles. The van der Waals surface area contributed by atoms with Crippen LogP contribution in [0.5, 0.6) is 0 Å². The third-order valence-electron chi connectivity index (χ3n) is 4.50. The number of nitrogens with zero attached hydrogens (tertiary/aromatic N) is 2. The van der Waals surface area contributed by atoms with E-state index in [1.54, 1.807) is 30.9 Å². The van der Waals surface area contributed by atoms with Gasteiger partial charge in [0.05, 0.1) is 17.7 Å². The predicted octanol–water partition coefficient (Wildman–Crippen LogP) is 3.03. The summed E-state index contributed by atoms with van der Waals surface area (Å²) in [6.07, 6.45) is 1.03. The Morgan fingerprint density at radius 3 is 2.73 bits per heavy atom. The maximum atomic E-state index is 13.4. The molecule has 1 aliphatic heterocycles. The van der Waals surface area contributed by atoms with Crippen molar-refractivity contribution in [3.05, 3.63) is 41.3 Å². The van der Waals surface area contributed by atoms with E-state index in [0.717, 1.165) is 0 Å². The maximum absolute atomic E-state index is 13.4. The number of pyridine rings is 1. The number of fused-ring (bicyclic) bond motifs is 1. The van der Waals surface area contributed by atoms with Crippen LogP contribution in [-0.4, -0.2) is 47.6 Å². The molecular weight excluding hydrogens is 337 g/mol. The number of ether oxygens (including phenoxy) is 1. The molecule has 1 N–H and O–H groups in total. The predicted molar refractivity (Wildman–Crippen MR) is 95.5 cm³/mol. The van der Waals surface area contributed by atoms with E-state index in [0.29, 0.717) is 54.7 Å². The number of nitrogens with one attached hydrogen (secondary N) is 1. The first-order valence-corrected chi connectivity index (χ1v) is 8.77. The van der Waals surface area contributed by atoms with Gasteiger partial charge in [0.15, 0.2) is 0 Å². The highest BCUT2D eigenvalue weighted by Gasteiger charge is 2.25. The molecular formula is C19H22FN3O3. The lowest BCUT2D eigenvalue weighted by Crippen LogP contribution is -2.46. The lowest BCUT2D eigenvalue weighted by Gasteiger charge is -2.31. The minimum absolute atomic E-state index is 0.0165. The molecule has 7 heteroatoms. The molecule has 2 amide bonds. The minimum atomic E-state index is -0.381. The number of piperidine rings is 1. The smallest absolute Gasteiger partial charge is 0.409 e. The molecule has 1 aliphatic rings. The lowest BCUT2D eigenvalue weighted by molar-refractivity contribution is 0.0861. The first kappa shape index (κ1) is 18.1. The number of carbonyl (C=O) groups excluding carboxylic acids is 2. The van der Waals surface area contributed by atoms with Gasteiger partial charge in [-0.1, -0.05) is 0 Å². The molecule has 3 rings (SSSR count). The van der Waals surface area contributed by atoms with Gasteiger partial charge in [-0.15, -0.1) is 0 Å². The van der Waals surface area contributed by atoms with E-state index in [9.17, 15) is 14.0 Å². The lowest BCUT2D eigenvalue weighted by atomic mass is 10.0. The van der Waals surface area contributed by atoms with Crippen molar-refractivity contribution in [2.24, 2.45) is 0 Å². The third-order valence-corrected chi connectivity index (χ3v) is 4.50. The number of aromatic nitrogens is 1. The van der Waals surface area contributed by atoms with Gasteiger partial charge in [-0.3, -0.25) is 9.78 Å². The number of carbonyl (C=O) groups is 2. The van der Waals surface area contributed by atoms with Crippen molar-refractivity contribution in [2.45, 2.75) is 32.7 Å². The fraction of sp³-hybridized carbons (Fsp3) is 0.421. The average molecular weight is 359 g/mol. The zero-order valence-corrected chi connectivity index (χ0v) is 14.9. The third kappa shape index (κ3) is 3.92. The van der Waals surface area contributed by atoms with Gasteiger partial charge in [0.1, 0.15) is 5.82 Å². The van der Waals surface area contributed by atoms with E-state index < -0.39 is 0 Å². The largest absolute Gasteiger partial charge is 0.450 e. The molecule has 2 heterocycles. The van der Waals surface area contributed by atoms with Gasteiger partial charge in [-0.05, 0) is 44.9 Å². The number of hydrogen-bond donors (Lipinski definition) is 1. The normalized spacial score (nSPS) is 15.1. The molecule has 0 aliphatic carbocycles. The highest BCUT2D eigenvalue weighted by molar-refractivity contribution is 6.06. The number of aryl methyl sites for hydroxylation is 1. The molecule has 0 unspecified atom stereocenters. The molecule has 1 fully saturated rings. The van der Waals surface area contributed by atoms with Crippen LogP contribution in [-0.2, 0) is 4.74 Å². The Morgan fingerprint density at radius 2 is 2.04 bits per heavy atom. The zero-order valence-electron chi connectivity index (χ0n) is 14.9. The van der Waals surface area contributed by atoms with Crippen molar-refractivity contribution in [3.8, 4) is 0 Å².